The zero-order valence-electron chi connectivity index (χ0n) is 17.2. The molecule has 0 radical (unpaired) electrons. The van der Waals surface area contributed by atoms with Gasteiger partial charge in [0.1, 0.15) is 6.10 Å². The number of esters is 1. The minimum atomic E-state index is -2.11. The Morgan fingerprint density at radius 3 is 1.77 bits per heavy atom. The van der Waals surface area contributed by atoms with E-state index in [-0.39, 0.29) is 27.3 Å². The van der Waals surface area contributed by atoms with E-state index in [1.165, 1.54) is 24.3 Å². The number of benzene rings is 2. The van der Waals surface area contributed by atoms with Crippen molar-refractivity contribution in [3.63, 3.8) is 0 Å². The van der Waals surface area contributed by atoms with Gasteiger partial charge in [0.25, 0.3) is 0 Å². The summed E-state index contributed by atoms with van der Waals surface area (Å²) in [6.45, 7) is 0. The topological polar surface area (TPSA) is 46.5 Å². The number of nitrogens with zero attached hydrogens (tertiary/aromatic N) is 1. The number of aliphatic hydroxyl groups is 1. The Bertz CT molecular complexity index is 958. The highest BCUT2D eigenvalue weighted by atomic mass is 35.5. The molecule has 2 aliphatic rings. The molecule has 2 atom stereocenters. The quantitative estimate of drug-likeness (QED) is 0.420. The maximum atomic E-state index is 13.5. The van der Waals surface area contributed by atoms with Crippen molar-refractivity contribution < 1.29 is 19.1 Å². The molecule has 2 fully saturated rings. The van der Waals surface area contributed by atoms with Gasteiger partial charge in [-0.3, -0.25) is 0 Å². The Balaban J connectivity index is 1.69. The molecule has 2 heterocycles. The van der Waals surface area contributed by atoms with Gasteiger partial charge in [-0.15, -0.1) is 0 Å². The molecule has 2 unspecified atom stereocenters. The van der Waals surface area contributed by atoms with Gasteiger partial charge in [-0.05, 0) is 24.3 Å². The van der Waals surface area contributed by atoms with Gasteiger partial charge >= 0.3 is 5.97 Å². The molecule has 166 valence electrons. The van der Waals surface area contributed by atoms with Crippen LogP contribution in [-0.2, 0) is 15.1 Å². The monoisotopic (exact) mass is 502 g/mol. The van der Waals surface area contributed by atoms with Crippen LogP contribution in [0.2, 0.25) is 20.1 Å². The van der Waals surface area contributed by atoms with Gasteiger partial charge in [0.05, 0.1) is 46.3 Å². The van der Waals surface area contributed by atoms with Gasteiger partial charge in [-0.1, -0.05) is 58.5 Å². The summed E-state index contributed by atoms with van der Waals surface area (Å²) in [5.74, 6) is -0.763. The molecule has 0 amide bonds. The van der Waals surface area contributed by atoms with E-state index in [4.69, 9.17) is 51.1 Å². The molecule has 2 aromatic carbocycles. The highest BCUT2D eigenvalue weighted by Gasteiger charge is 2.51. The molecule has 2 saturated heterocycles. The average Bonchev–Trinajstić information content (AvgIpc) is 2.88. The van der Waals surface area contributed by atoms with Gasteiger partial charge in [0.2, 0.25) is 5.60 Å². The van der Waals surface area contributed by atoms with E-state index < -0.39 is 11.6 Å². The Labute approximate surface area is 202 Å². The Kier molecular flexibility index (Phi) is 6.28. The predicted octanol–water partition coefficient (Wildman–Crippen LogP) is 5.85. The molecule has 0 saturated carbocycles. The van der Waals surface area contributed by atoms with Gasteiger partial charge in [0.15, 0.2) is 0 Å². The van der Waals surface area contributed by atoms with Crippen molar-refractivity contribution in [2.24, 2.45) is 0 Å². The first-order valence-corrected chi connectivity index (χ1v) is 11.7. The second-order valence-electron chi connectivity index (χ2n) is 8.98. The second-order valence-corrected chi connectivity index (χ2v) is 10.6. The average molecular weight is 504 g/mol. The standard InChI is InChI=1S/C23H24Cl4NO3/c1-28(2)15-5-6-16(28)12-17(11-15)31-22(29)23(30,13-3-7-18(24)20(26)9-13)14-4-8-19(25)21(27)10-14/h3-4,7-10,15-17,30H,5-6,11-12H2,1-2H3/q+1. The number of hydrogen-bond donors (Lipinski definition) is 1. The molecular weight excluding hydrogens is 480 g/mol. The lowest BCUT2D eigenvalue weighted by molar-refractivity contribution is -0.931. The third-order valence-corrected chi connectivity index (χ3v) is 8.51. The molecule has 4 rings (SSSR count). The van der Waals surface area contributed by atoms with Crippen molar-refractivity contribution in [1.29, 1.82) is 0 Å². The zero-order valence-corrected chi connectivity index (χ0v) is 20.3. The summed E-state index contributed by atoms with van der Waals surface area (Å²) in [5.41, 5.74) is -1.61. The highest BCUT2D eigenvalue weighted by Crippen LogP contribution is 2.42. The van der Waals surface area contributed by atoms with Gasteiger partial charge in [0, 0.05) is 36.8 Å². The summed E-state index contributed by atoms with van der Waals surface area (Å²) >= 11 is 24.5. The van der Waals surface area contributed by atoms with E-state index in [9.17, 15) is 9.90 Å². The molecule has 31 heavy (non-hydrogen) atoms. The molecule has 4 nitrogen and oxygen atoms in total. The molecular formula is C23H24Cl4NO3+. The first kappa shape index (κ1) is 23.2. The summed E-state index contributed by atoms with van der Waals surface area (Å²) in [7, 11) is 4.48. The van der Waals surface area contributed by atoms with Gasteiger partial charge in [-0.2, -0.15) is 0 Å². The van der Waals surface area contributed by atoms with Crippen LogP contribution in [0.15, 0.2) is 36.4 Å². The minimum absolute atomic E-state index is 0.222. The van der Waals surface area contributed by atoms with Crippen molar-refractivity contribution in [3.05, 3.63) is 67.6 Å². The fraction of sp³-hybridized carbons (Fsp3) is 0.435. The van der Waals surface area contributed by atoms with Gasteiger partial charge in [-0.25, -0.2) is 4.79 Å². The largest absolute Gasteiger partial charge is 0.459 e. The van der Waals surface area contributed by atoms with Crippen LogP contribution in [0, 0.1) is 0 Å². The smallest absolute Gasteiger partial charge is 0.347 e. The van der Waals surface area contributed by atoms with E-state index in [0.29, 0.717) is 22.1 Å². The van der Waals surface area contributed by atoms with Crippen molar-refractivity contribution in [2.75, 3.05) is 14.1 Å². The summed E-state index contributed by atoms with van der Waals surface area (Å²) in [4.78, 5) is 13.5. The molecule has 2 aromatic rings. The number of carbonyl (C=O) groups is 1. The first-order valence-electron chi connectivity index (χ1n) is 10.2. The van der Waals surface area contributed by atoms with Crippen LogP contribution >= 0.6 is 46.4 Å². The number of halogens is 4. The first-order chi connectivity index (χ1) is 14.5. The molecule has 0 spiro atoms. The molecule has 2 bridgehead atoms. The Hall–Kier alpha value is -1.01. The van der Waals surface area contributed by atoms with Crippen molar-refractivity contribution >= 4 is 52.4 Å². The number of quaternary nitrogens is 1. The number of fused-ring (bicyclic) bond motifs is 2. The van der Waals surface area contributed by atoms with Crippen LogP contribution in [0.4, 0.5) is 0 Å². The van der Waals surface area contributed by atoms with E-state index in [1.807, 2.05) is 0 Å². The fourth-order valence-electron chi connectivity index (χ4n) is 5.01. The Morgan fingerprint density at radius 1 is 0.903 bits per heavy atom. The molecule has 2 aliphatic heterocycles. The van der Waals surface area contributed by atoms with Crippen LogP contribution in [0.1, 0.15) is 36.8 Å². The van der Waals surface area contributed by atoms with Crippen molar-refractivity contribution in [1.82, 2.24) is 0 Å². The number of hydrogen-bond acceptors (Lipinski definition) is 3. The number of carbonyl (C=O) groups excluding carboxylic acids is 1. The third-order valence-electron chi connectivity index (χ3n) is 7.03. The lowest BCUT2D eigenvalue weighted by atomic mass is 9.86. The van der Waals surface area contributed by atoms with Crippen LogP contribution in [0.5, 0.6) is 0 Å². The molecule has 1 N–H and O–H groups in total. The van der Waals surface area contributed by atoms with Crippen LogP contribution in [0.3, 0.4) is 0 Å². The highest BCUT2D eigenvalue weighted by molar-refractivity contribution is 6.42. The zero-order chi connectivity index (χ0) is 22.6. The van der Waals surface area contributed by atoms with Crippen LogP contribution in [0.25, 0.3) is 0 Å². The van der Waals surface area contributed by atoms with Gasteiger partial charge < -0.3 is 14.3 Å². The molecule has 0 aliphatic carbocycles. The Morgan fingerprint density at radius 2 is 1.35 bits per heavy atom. The fourth-order valence-corrected chi connectivity index (χ4v) is 5.60. The minimum Gasteiger partial charge on any atom is -0.459 e. The van der Waals surface area contributed by atoms with E-state index in [2.05, 4.69) is 14.1 Å². The van der Waals surface area contributed by atoms with E-state index >= 15 is 0 Å². The number of piperidine rings is 1. The SMILES string of the molecule is C[N+]1(C)C2CCC1CC(OC(=O)C(O)(c1ccc(Cl)c(Cl)c1)c1ccc(Cl)c(Cl)c1)C2. The summed E-state index contributed by atoms with van der Waals surface area (Å²) in [5, 5.41) is 12.8. The molecule has 0 aromatic heterocycles. The van der Waals surface area contributed by atoms with Crippen LogP contribution in [-0.4, -0.2) is 47.8 Å². The lowest BCUT2D eigenvalue weighted by Crippen LogP contribution is -2.56. The van der Waals surface area contributed by atoms with E-state index in [1.54, 1.807) is 12.1 Å². The van der Waals surface area contributed by atoms with Crippen molar-refractivity contribution in [2.45, 2.75) is 49.5 Å². The van der Waals surface area contributed by atoms with E-state index in [0.717, 1.165) is 30.2 Å². The lowest BCUT2D eigenvalue weighted by Gasteiger charge is -2.44. The van der Waals surface area contributed by atoms with Crippen LogP contribution < -0.4 is 0 Å². The normalized spacial score (nSPS) is 24.8. The summed E-state index contributed by atoms with van der Waals surface area (Å²) in [6.07, 6.45) is 3.53. The maximum Gasteiger partial charge on any atom is 0.347 e. The number of ether oxygens (including phenoxy) is 1. The number of rotatable bonds is 4. The molecule has 8 heteroatoms. The maximum absolute atomic E-state index is 13.5. The second kappa shape index (κ2) is 8.40. The summed E-state index contributed by atoms with van der Waals surface area (Å²) in [6, 6.07) is 10.0. The summed E-state index contributed by atoms with van der Waals surface area (Å²) < 4.78 is 6.88. The third kappa shape index (κ3) is 4.07. The predicted molar refractivity (Wildman–Crippen MR) is 124 cm³/mol. The van der Waals surface area contributed by atoms with Crippen molar-refractivity contribution in [3.8, 4) is 0 Å².